The largest absolute Gasteiger partial charge is 0.496 e. The van der Waals surface area contributed by atoms with Crippen LogP contribution < -0.4 is 10.1 Å². The Bertz CT molecular complexity index is 3340. The van der Waals surface area contributed by atoms with Crippen LogP contribution in [0.3, 0.4) is 0 Å². The summed E-state index contributed by atoms with van der Waals surface area (Å²) in [4.78, 5) is 34.2. The molecular weight excluding hydrogens is 943 g/mol. The fourth-order valence-electron chi connectivity index (χ4n) is 8.25. The van der Waals surface area contributed by atoms with Crippen molar-refractivity contribution in [1.29, 1.82) is 0 Å². The third-order valence-corrected chi connectivity index (χ3v) is 12.8. The Morgan fingerprint density at radius 2 is 1.03 bits per heavy atom. The van der Waals surface area contributed by atoms with Gasteiger partial charge in [0.05, 0.1) is 68.0 Å². The van der Waals surface area contributed by atoms with Gasteiger partial charge >= 0.3 is 11.9 Å². The Labute approximate surface area is 441 Å². The Morgan fingerprint density at radius 3 is 1.53 bits per heavy atom. The van der Waals surface area contributed by atoms with Gasteiger partial charge in [0, 0.05) is 79.0 Å². The molecule has 0 unspecified atom stereocenters. The van der Waals surface area contributed by atoms with E-state index >= 15 is 0 Å². The Balaban J connectivity index is 0.000000166. The average molecular weight is 1020 g/mol. The summed E-state index contributed by atoms with van der Waals surface area (Å²) in [5, 5.41) is 25.1. The summed E-state index contributed by atoms with van der Waals surface area (Å²) in [6.45, 7) is 21.4. The number of benzene rings is 5. The number of carbonyl (C=O) groups excluding carboxylic acids is 3. The molecule has 0 spiro atoms. The van der Waals surface area contributed by atoms with Crippen LogP contribution in [0.4, 0.5) is 0 Å². The zero-order valence-electron chi connectivity index (χ0n) is 46.0. The van der Waals surface area contributed by atoms with E-state index < -0.39 is 0 Å². The summed E-state index contributed by atoms with van der Waals surface area (Å²) in [5.74, 6) is 2.20. The number of rotatable bonds is 15. The molecule has 75 heavy (non-hydrogen) atoms. The fraction of sp³-hybridized carbons (Fsp3) is 0.383. The predicted molar refractivity (Wildman–Crippen MR) is 300 cm³/mol. The minimum absolute atomic E-state index is 0.0393. The Hall–Kier alpha value is -7.81. The molecule has 15 heteroatoms. The lowest BCUT2D eigenvalue weighted by molar-refractivity contribution is -0.143. The quantitative estimate of drug-likeness (QED) is 0.0978. The van der Waals surface area contributed by atoms with Crippen molar-refractivity contribution >= 4 is 61.5 Å². The molecule has 1 amide bonds. The van der Waals surface area contributed by atoms with Gasteiger partial charge in [-0.15, -0.1) is 0 Å². The number of aryl methyl sites for hydroxylation is 3. The molecule has 0 atom stereocenters. The number of esters is 2. The van der Waals surface area contributed by atoms with Crippen molar-refractivity contribution in [3.05, 3.63) is 149 Å². The molecule has 0 aliphatic carbocycles. The van der Waals surface area contributed by atoms with Gasteiger partial charge < -0.3 is 19.5 Å². The van der Waals surface area contributed by atoms with Crippen molar-refractivity contribution in [2.45, 2.75) is 118 Å². The molecule has 0 fully saturated rings. The van der Waals surface area contributed by atoms with Crippen LogP contribution >= 0.6 is 0 Å². The number of methoxy groups -OCH3 is 2. The summed E-state index contributed by atoms with van der Waals surface area (Å²) in [6, 6.07) is 30.8. The predicted octanol–water partition coefficient (Wildman–Crippen LogP) is 12.1. The Kier molecular flexibility index (Phi) is 19.9. The van der Waals surface area contributed by atoms with E-state index in [9.17, 15) is 14.4 Å². The number of aromatic nitrogens is 8. The van der Waals surface area contributed by atoms with E-state index in [2.05, 4.69) is 142 Å². The van der Waals surface area contributed by atoms with Gasteiger partial charge in [0.25, 0.3) is 0 Å². The second kappa shape index (κ2) is 26.4. The lowest BCUT2D eigenvalue weighted by atomic mass is 10.0. The first-order chi connectivity index (χ1) is 35.9. The second-order valence-electron chi connectivity index (χ2n) is 19.8. The standard InChI is InChI=1S/C20H22N2O3.C15H20N2O2.C14H19N3O.C11H14N2/c1-13(2)14-5-7-16-11-22(21-18(16)9-14)12-17-8-6-15(20(23)25-4)10-19(17)24-3;1-4-19-15(18)7-8-17-10-13-9-12(11(2)3)5-6-14(13)16-17;1-10(2)11-4-5-13-12(8-11)9-17(16-13)7-6-14(18)15-3;1-8(2)9-4-5-10-7-13(3)12-11(10)6-9/h5-11,13H,12H2,1-4H3;5-6,9-11H,4,7-8H2,1-3H3;4-5,8-10H,6-7H2,1-3H3,(H,15,18);4-8H,1-3H3. The summed E-state index contributed by atoms with van der Waals surface area (Å²) in [7, 11) is 6.56. The van der Waals surface area contributed by atoms with Crippen molar-refractivity contribution in [2.75, 3.05) is 27.9 Å². The maximum atomic E-state index is 11.7. The van der Waals surface area contributed by atoms with Crippen LogP contribution in [0, 0.1) is 0 Å². The van der Waals surface area contributed by atoms with E-state index in [4.69, 9.17) is 14.2 Å². The summed E-state index contributed by atoms with van der Waals surface area (Å²) < 4.78 is 22.5. The molecule has 396 valence electrons. The molecule has 0 saturated carbocycles. The first-order valence-corrected chi connectivity index (χ1v) is 25.8. The maximum absolute atomic E-state index is 11.7. The third-order valence-electron chi connectivity index (χ3n) is 12.8. The van der Waals surface area contributed by atoms with Crippen molar-refractivity contribution in [3.8, 4) is 5.75 Å². The average Bonchev–Trinajstić information content (AvgIpc) is 4.20. The van der Waals surface area contributed by atoms with Gasteiger partial charge in [-0.2, -0.15) is 20.4 Å². The minimum atomic E-state index is -0.379. The van der Waals surface area contributed by atoms with Crippen LogP contribution in [0.25, 0.3) is 43.6 Å². The van der Waals surface area contributed by atoms with E-state index in [1.54, 1.807) is 26.3 Å². The number of amides is 1. The highest BCUT2D eigenvalue weighted by molar-refractivity contribution is 5.90. The van der Waals surface area contributed by atoms with Crippen LogP contribution in [0.15, 0.2) is 116 Å². The molecule has 9 rings (SSSR count). The number of ether oxygens (including phenoxy) is 3. The van der Waals surface area contributed by atoms with Gasteiger partial charge in [0.1, 0.15) is 5.75 Å². The molecule has 4 heterocycles. The number of nitrogens with one attached hydrogen (secondary N) is 1. The van der Waals surface area contributed by atoms with E-state index in [1.807, 2.05) is 75.7 Å². The zero-order chi connectivity index (χ0) is 54.3. The number of hydrogen-bond acceptors (Lipinski definition) is 10. The molecular formula is C60H75N9O6. The molecule has 0 aliphatic heterocycles. The van der Waals surface area contributed by atoms with Gasteiger partial charge in [-0.05, 0) is 101 Å². The number of nitrogens with zero attached hydrogens (tertiary/aromatic N) is 8. The third kappa shape index (κ3) is 15.6. The van der Waals surface area contributed by atoms with Crippen molar-refractivity contribution < 1.29 is 28.6 Å². The van der Waals surface area contributed by atoms with Crippen LogP contribution in [0.1, 0.15) is 137 Å². The van der Waals surface area contributed by atoms with Crippen LogP contribution in [0.5, 0.6) is 5.75 Å². The van der Waals surface area contributed by atoms with Crippen molar-refractivity contribution in [2.24, 2.45) is 7.05 Å². The van der Waals surface area contributed by atoms with Gasteiger partial charge in [-0.3, -0.25) is 28.3 Å². The minimum Gasteiger partial charge on any atom is -0.496 e. The van der Waals surface area contributed by atoms with E-state index in [-0.39, 0.29) is 17.8 Å². The van der Waals surface area contributed by atoms with Gasteiger partial charge in [0.2, 0.25) is 5.91 Å². The molecule has 4 aromatic heterocycles. The molecule has 9 aromatic rings. The van der Waals surface area contributed by atoms with Crippen LogP contribution in [0.2, 0.25) is 0 Å². The molecule has 0 saturated heterocycles. The highest BCUT2D eigenvalue weighted by Crippen LogP contribution is 2.26. The molecule has 1 N–H and O–H groups in total. The summed E-state index contributed by atoms with van der Waals surface area (Å²) >= 11 is 0. The fourth-order valence-corrected chi connectivity index (χ4v) is 8.25. The lowest BCUT2D eigenvalue weighted by Crippen LogP contribution is -2.19. The van der Waals surface area contributed by atoms with E-state index in [1.165, 1.54) is 34.7 Å². The topological polar surface area (TPSA) is 162 Å². The van der Waals surface area contributed by atoms with E-state index in [0.717, 1.165) is 43.8 Å². The van der Waals surface area contributed by atoms with E-state index in [0.29, 0.717) is 74.1 Å². The maximum Gasteiger partial charge on any atom is 0.337 e. The molecule has 0 radical (unpaired) electrons. The smallest absolute Gasteiger partial charge is 0.337 e. The zero-order valence-corrected chi connectivity index (χ0v) is 46.0. The molecule has 0 bridgehead atoms. The van der Waals surface area contributed by atoms with Gasteiger partial charge in [-0.25, -0.2) is 4.79 Å². The molecule has 5 aromatic carbocycles. The summed E-state index contributed by atoms with van der Waals surface area (Å²) in [6.07, 6.45) is 8.87. The normalized spacial score (nSPS) is 11.2. The first kappa shape index (κ1) is 56.5. The molecule has 0 aliphatic rings. The van der Waals surface area contributed by atoms with Crippen molar-refractivity contribution in [1.82, 2.24) is 44.4 Å². The first-order valence-electron chi connectivity index (χ1n) is 25.8. The lowest BCUT2D eigenvalue weighted by Gasteiger charge is -2.10. The number of fused-ring (bicyclic) bond motifs is 4. The van der Waals surface area contributed by atoms with Gasteiger partial charge in [0.15, 0.2) is 0 Å². The van der Waals surface area contributed by atoms with Crippen molar-refractivity contribution in [3.63, 3.8) is 0 Å². The monoisotopic (exact) mass is 1020 g/mol. The van der Waals surface area contributed by atoms with Crippen LogP contribution in [-0.4, -0.2) is 84.8 Å². The highest BCUT2D eigenvalue weighted by Gasteiger charge is 2.13. The second-order valence-corrected chi connectivity index (χ2v) is 19.8. The van der Waals surface area contributed by atoms with Crippen LogP contribution in [-0.2, 0) is 45.7 Å². The highest BCUT2D eigenvalue weighted by atomic mass is 16.5. The van der Waals surface area contributed by atoms with Gasteiger partial charge in [-0.1, -0.05) is 97.9 Å². The number of hydrogen-bond donors (Lipinski definition) is 1. The summed E-state index contributed by atoms with van der Waals surface area (Å²) in [5.41, 5.74) is 10.7. The number of carbonyl (C=O) groups is 3. The molecule has 15 nitrogen and oxygen atoms in total. The SMILES string of the molecule is CC(C)c1ccc2cn(C)nc2c1.CCOC(=O)CCn1cc2cc(C(C)C)ccc2n1.CNC(=O)CCn1cc2cc(C(C)C)ccc2n1.COC(=O)c1ccc(Cn2cc3ccc(C(C)C)cc3n2)c(OC)c1. The Morgan fingerprint density at radius 1 is 0.547 bits per heavy atom.